The van der Waals surface area contributed by atoms with Crippen LogP contribution < -0.4 is 0 Å². The van der Waals surface area contributed by atoms with Crippen molar-refractivity contribution in [2.24, 2.45) is 0 Å². The van der Waals surface area contributed by atoms with Crippen molar-refractivity contribution >= 4 is 11.3 Å². The fraction of sp³-hybridized carbons (Fsp3) is 0.182. The molecule has 0 fully saturated rings. The van der Waals surface area contributed by atoms with Gasteiger partial charge >= 0.3 is 0 Å². The molecular weight excluding hydrogens is 197 g/mol. The Hall–Kier alpha value is -1.22. The van der Waals surface area contributed by atoms with Gasteiger partial charge in [0.15, 0.2) is 0 Å². The number of aryl methyl sites for hydroxylation is 1. The van der Waals surface area contributed by atoms with Crippen molar-refractivity contribution in [1.29, 1.82) is 0 Å². The van der Waals surface area contributed by atoms with Gasteiger partial charge in [0.05, 0.1) is 5.69 Å². The average Bonchev–Trinajstić information content (AvgIpc) is 2.67. The molecule has 3 heteroatoms. The topological polar surface area (TPSA) is 12.9 Å². The Morgan fingerprint density at radius 2 is 2.00 bits per heavy atom. The minimum atomic E-state index is -0.207. The molecule has 0 saturated heterocycles. The molecule has 0 N–H and O–H groups in total. The minimum absolute atomic E-state index is 0.207. The highest BCUT2D eigenvalue weighted by atomic mass is 32.1. The molecule has 1 heterocycles. The van der Waals surface area contributed by atoms with Crippen LogP contribution in [-0.4, -0.2) is 4.98 Å². The lowest BCUT2D eigenvalue weighted by Gasteiger charge is -1.94. The first-order chi connectivity index (χ1) is 6.79. The van der Waals surface area contributed by atoms with Crippen LogP contribution in [0.5, 0.6) is 0 Å². The van der Waals surface area contributed by atoms with Crippen LogP contribution in [0, 0.1) is 5.82 Å². The molecule has 0 spiro atoms. The van der Waals surface area contributed by atoms with E-state index in [0.29, 0.717) is 0 Å². The third-order valence-corrected chi connectivity index (χ3v) is 2.95. The van der Waals surface area contributed by atoms with Gasteiger partial charge in [-0.05, 0) is 30.7 Å². The lowest BCUT2D eigenvalue weighted by molar-refractivity contribution is 0.628. The third kappa shape index (κ3) is 1.82. The Bertz CT molecular complexity index is 419. The second-order valence-corrected chi connectivity index (χ2v) is 3.86. The standard InChI is InChI=1S/C11H10FNS/c1-2-10-7-14-11(13-10)8-3-5-9(12)6-4-8/h3-7H,2H2,1H3. The second kappa shape index (κ2) is 3.88. The molecule has 72 valence electrons. The Kier molecular flexibility index (Phi) is 2.59. The van der Waals surface area contributed by atoms with E-state index in [-0.39, 0.29) is 5.82 Å². The van der Waals surface area contributed by atoms with Crippen LogP contribution in [0.1, 0.15) is 12.6 Å². The lowest BCUT2D eigenvalue weighted by Crippen LogP contribution is -1.80. The van der Waals surface area contributed by atoms with Crippen molar-refractivity contribution < 1.29 is 4.39 Å². The second-order valence-electron chi connectivity index (χ2n) is 3.00. The van der Waals surface area contributed by atoms with E-state index in [1.54, 1.807) is 23.5 Å². The Labute approximate surface area is 86.2 Å². The molecule has 0 bridgehead atoms. The van der Waals surface area contributed by atoms with E-state index in [4.69, 9.17) is 0 Å². The largest absolute Gasteiger partial charge is 0.241 e. The summed E-state index contributed by atoms with van der Waals surface area (Å²) in [6.45, 7) is 2.07. The number of nitrogens with zero attached hydrogens (tertiary/aromatic N) is 1. The zero-order valence-corrected chi connectivity index (χ0v) is 8.64. The molecule has 14 heavy (non-hydrogen) atoms. The highest BCUT2D eigenvalue weighted by molar-refractivity contribution is 7.13. The summed E-state index contributed by atoms with van der Waals surface area (Å²) >= 11 is 1.60. The molecular formula is C11H10FNS. The summed E-state index contributed by atoms with van der Waals surface area (Å²) < 4.78 is 12.7. The normalized spacial score (nSPS) is 10.4. The zero-order valence-electron chi connectivity index (χ0n) is 7.83. The zero-order chi connectivity index (χ0) is 9.97. The molecule has 2 rings (SSSR count). The molecule has 2 aromatic rings. The minimum Gasteiger partial charge on any atom is -0.241 e. The number of rotatable bonds is 2. The van der Waals surface area contributed by atoms with Crippen LogP contribution in [0.15, 0.2) is 29.6 Å². The lowest BCUT2D eigenvalue weighted by atomic mass is 10.2. The molecule has 1 nitrogen and oxygen atoms in total. The first-order valence-corrected chi connectivity index (χ1v) is 5.38. The molecule has 0 saturated carbocycles. The average molecular weight is 207 g/mol. The van der Waals surface area contributed by atoms with Crippen LogP contribution in [0.4, 0.5) is 4.39 Å². The number of hydrogen-bond acceptors (Lipinski definition) is 2. The Balaban J connectivity index is 2.34. The van der Waals surface area contributed by atoms with Gasteiger partial charge in [-0.25, -0.2) is 9.37 Å². The van der Waals surface area contributed by atoms with Crippen molar-refractivity contribution in [3.05, 3.63) is 41.2 Å². The maximum absolute atomic E-state index is 12.7. The highest BCUT2D eigenvalue weighted by Gasteiger charge is 2.02. The van der Waals surface area contributed by atoms with Crippen LogP contribution in [0.3, 0.4) is 0 Å². The summed E-state index contributed by atoms with van der Waals surface area (Å²) in [5, 5.41) is 3.00. The summed E-state index contributed by atoms with van der Waals surface area (Å²) in [6.07, 6.45) is 0.942. The molecule has 0 amide bonds. The predicted molar refractivity (Wildman–Crippen MR) is 56.9 cm³/mol. The van der Waals surface area contributed by atoms with Crippen molar-refractivity contribution in [1.82, 2.24) is 4.98 Å². The first-order valence-electron chi connectivity index (χ1n) is 4.50. The van der Waals surface area contributed by atoms with Crippen LogP contribution in [0.2, 0.25) is 0 Å². The third-order valence-electron chi connectivity index (χ3n) is 2.01. The van der Waals surface area contributed by atoms with Crippen LogP contribution in [0.25, 0.3) is 10.6 Å². The number of aromatic nitrogens is 1. The maximum atomic E-state index is 12.7. The molecule has 0 atom stereocenters. The number of halogens is 1. The van der Waals surface area contributed by atoms with Crippen molar-refractivity contribution in [2.75, 3.05) is 0 Å². The van der Waals surface area contributed by atoms with E-state index in [1.807, 2.05) is 5.38 Å². The van der Waals surface area contributed by atoms with E-state index in [0.717, 1.165) is 22.7 Å². The first kappa shape index (κ1) is 9.34. The molecule has 0 aliphatic heterocycles. The molecule has 1 aromatic heterocycles. The predicted octanol–water partition coefficient (Wildman–Crippen LogP) is 3.51. The Morgan fingerprint density at radius 3 is 2.57 bits per heavy atom. The summed E-state index contributed by atoms with van der Waals surface area (Å²) in [5.41, 5.74) is 2.07. The van der Waals surface area contributed by atoms with Gasteiger partial charge < -0.3 is 0 Å². The Morgan fingerprint density at radius 1 is 1.29 bits per heavy atom. The van der Waals surface area contributed by atoms with Crippen LogP contribution >= 0.6 is 11.3 Å². The van der Waals surface area contributed by atoms with Gasteiger partial charge in [0, 0.05) is 10.9 Å². The molecule has 0 aliphatic rings. The van der Waals surface area contributed by atoms with E-state index in [9.17, 15) is 4.39 Å². The monoisotopic (exact) mass is 207 g/mol. The summed E-state index contributed by atoms with van der Waals surface area (Å²) in [7, 11) is 0. The summed E-state index contributed by atoms with van der Waals surface area (Å²) in [6, 6.07) is 6.44. The van der Waals surface area contributed by atoms with Gasteiger partial charge in [-0.15, -0.1) is 11.3 Å². The fourth-order valence-electron chi connectivity index (χ4n) is 1.19. The smallest absolute Gasteiger partial charge is 0.123 e. The van der Waals surface area contributed by atoms with Gasteiger partial charge in [0.2, 0.25) is 0 Å². The quantitative estimate of drug-likeness (QED) is 0.734. The van der Waals surface area contributed by atoms with Gasteiger partial charge in [0.1, 0.15) is 10.8 Å². The number of hydrogen-bond donors (Lipinski definition) is 0. The van der Waals surface area contributed by atoms with Crippen molar-refractivity contribution in [3.8, 4) is 10.6 Å². The van der Waals surface area contributed by atoms with Gasteiger partial charge in [-0.1, -0.05) is 6.92 Å². The number of thiazole rings is 1. The van der Waals surface area contributed by atoms with Gasteiger partial charge in [-0.2, -0.15) is 0 Å². The highest BCUT2D eigenvalue weighted by Crippen LogP contribution is 2.23. The molecule has 0 aliphatic carbocycles. The van der Waals surface area contributed by atoms with Crippen LogP contribution in [-0.2, 0) is 6.42 Å². The van der Waals surface area contributed by atoms with E-state index in [2.05, 4.69) is 11.9 Å². The van der Waals surface area contributed by atoms with E-state index < -0.39 is 0 Å². The van der Waals surface area contributed by atoms with E-state index >= 15 is 0 Å². The van der Waals surface area contributed by atoms with Gasteiger partial charge in [-0.3, -0.25) is 0 Å². The molecule has 0 unspecified atom stereocenters. The maximum Gasteiger partial charge on any atom is 0.123 e. The van der Waals surface area contributed by atoms with Crippen molar-refractivity contribution in [3.63, 3.8) is 0 Å². The summed E-state index contributed by atoms with van der Waals surface area (Å²) in [4.78, 5) is 4.42. The number of benzene rings is 1. The fourth-order valence-corrected chi connectivity index (χ4v) is 2.10. The SMILES string of the molecule is CCc1csc(-c2ccc(F)cc2)n1. The summed E-state index contributed by atoms with van der Waals surface area (Å²) in [5.74, 6) is -0.207. The van der Waals surface area contributed by atoms with Crippen molar-refractivity contribution in [2.45, 2.75) is 13.3 Å². The van der Waals surface area contributed by atoms with Gasteiger partial charge in [0.25, 0.3) is 0 Å². The molecule has 1 aromatic carbocycles. The molecule has 0 radical (unpaired) electrons. The van der Waals surface area contributed by atoms with E-state index in [1.165, 1.54) is 12.1 Å².